The summed E-state index contributed by atoms with van der Waals surface area (Å²) in [6, 6.07) is 24.8. The third-order valence-electron chi connectivity index (χ3n) is 13.3. The summed E-state index contributed by atoms with van der Waals surface area (Å²) < 4.78 is 24.3. The lowest BCUT2D eigenvalue weighted by atomic mass is 10.0. The van der Waals surface area contributed by atoms with Crippen LogP contribution in [0.15, 0.2) is 91.0 Å². The van der Waals surface area contributed by atoms with Crippen LogP contribution in [-0.4, -0.2) is 104 Å². The summed E-state index contributed by atoms with van der Waals surface area (Å²) in [5.74, 6) is -0.281. The second-order valence-corrected chi connectivity index (χ2v) is 18.3. The number of para-hydroxylation sites is 2. The molecular weight excluding hydrogens is 911 g/mol. The quantitative estimate of drug-likeness (QED) is 0.0628. The Morgan fingerprint density at radius 2 is 1.34 bits per heavy atom. The summed E-state index contributed by atoms with van der Waals surface area (Å²) in [6.45, 7) is 5.11. The van der Waals surface area contributed by atoms with Crippen LogP contribution in [-0.2, 0) is 35.6 Å². The minimum Gasteiger partial charge on any atom is -0.493 e. The molecule has 4 aliphatic rings. The zero-order chi connectivity index (χ0) is 50.1. The normalized spacial score (nSPS) is 18.5. The fourth-order valence-electron chi connectivity index (χ4n) is 9.59. The highest BCUT2D eigenvalue weighted by atomic mass is 16.5. The summed E-state index contributed by atoms with van der Waals surface area (Å²) >= 11 is 0. The van der Waals surface area contributed by atoms with E-state index in [1.165, 1.54) is 21.1 Å². The second-order valence-electron chi connectivity index (χ2n) is 18.3. The molecule has 4 amide bonds. The molecule has 0 saturated carbocycles. The van der Waals surface area contributed by atoms with E-state index in [1.807, 2.05) is 53.4 Å². The molecule has 0 saturated heterocycles. The number of fused-ring (bicyclic) bond motifs is 8. The molecule has 0 radical (unpaired) electrons. The molecule has 0 bridgehead atoms. The lowest BCUT2D eigenvalue weighted by Crippen LogP contribution is -2.54. The number of hydrogen-bond donors (Lipinski definition) is 7. The van der Waals surface area contributed by atoms with Crippen molar-refractivity contribution >= 4 is 52.2 Å². The fourth-order valence-corrected chi connectivity index (χ4v) is 9.59. The number of rotatable bonds is 17. The number of carbonyl (C=O) groups excluding carboxylic acids is 5. The fraction of sp³-hybridized carbons (Fsp3) is 0.340. The van der Waals surface area contributed by atoms with Gasteiger partial charge in [-0.05, 0) is 98.3 Å². The number of ketones is 1. The van der Waals surface area contributed by atoms with E-state index in [9.17, 15) is 34.2 Å². The van der Waals surface area contributed by atoms with Crippen LogP contribution in [0.1, 0.15) is 80.5 Å². The maximum atomic E-state index is 14.1. The predicted octanol–water partition coefficient (Wildman–Crippen LogP) is 4.68. The van der Waals surface area contributed by atoms with E-state index in [0.717, 1.165) is 28.9 Å². The number of amides is 4. The Labute approximate surface area is 410 Å². The average Bonchev–Trinajstić information content (AvgIpc) is 3.88. The van der Waals surface area contributed by atoms with E-state index in [4.69, 9.17) is 18.9 Å². The molecule has 0 aliphatic carbocycles. The van der Waals surface area contributed by atoms with Crippen molar-refractivity contribution in [3.63, 3.8) is 0 Å². The maximum Gasteiger partial charge on any atom is 0.260 e. The lowest BCUT2D eigenvalue weighted by molar-refractivity contribution is -0.124. The highest BCUT2D eigenvalue weighted by Crippen LogP contribution is 2.43. The van der Waals surface area contributed by atoms with Crippen molar-refractivity contribution in [1.29, 1.82) is 0 Å². The van der Waals surface area contributed by atoms with Crippen molar-refractivity contribution in [3.8, 4) is 23.0 Å². The topological polar surface area (TPSA) is 229 Å². The molecule has 4 heterocycles. The first-order chi connectivity index (χ1) is 34.2. The highest BCUT2D eigenvalue weighted by Gasteiger charge is 2.42. The van der Waals surface area contributed by atoms with Gasteiger partial charge >= 0.3 is 0 Å². The number of nitrogens with zero attached hydrogens (tertiary/aromatic N) is 2. The number of Topliss-reactive ketones (excluding diaryl/α,β-unsaturated/α-hetero) is 1. The van der Waals surface area contributed by atoms with Crippen molar-refractivity contribution in [1.82, 2.24) is 16.0 Å². The van der Waals surface area contributed by atoms with Gasteiger partial charge < -0.3 is 60.2 Å². The van der Waals surface area contributed by atoms with Gasteiger partial charge in [-0.2, -0.15) is 0 Å². The van der Waals surface area contributed by atoms with Crippen LogP contribution in [0, 0.1) is 0 Å². The highest BCUT2D eigenvalue weighted by molar-refractivity contribution is 6.13. The summed E-state index contributed by atoms with van der Waals surface area (Å²) in [6.07, 6.45) is -1.05. The number of anilines is 4. The number of benzene rings is 5. The molecule has 370 valence electrons. The Morgan fingerprint density at radius 1 is 0.761 bits per heavy atom. The summed E-state index contributed by atoms with van der Waals surface area (Å²) in [5.41, 5.74) is 6.66. The Balaban J connectivity index is 0.965. The molecule has 0 fully saturated rings. The molecule has 5 aromatic rings. The Bertz CT molecular complexity index is 2910. The van der Waals surface area contributed by atoms with Gasteiger partial charge in [0.25, 0.3) is 17.7 Å². The van der Waals surface area contributed by atoms with Crippen LogP contribution in [0.25, 0.3) is 0 Å². The Morgan fingerprint density at radius 3 is 1.97 bits per heavy atom. The first kappa shape index (κ1) is 48.4. The van der Waals surface area contributed by atoms with Gasteiger partial charge in [0.05, 0.1) is 60.9 Å². The minimum atomic E-state index is -1.33. The third-order valence-corrected chi connectivity index (χ3v) is 13.3. The summed E-state index contributed by atoms with van der Waals surface area (Å²) in [7, 11) is 2.96. The largest absolute Gasteiger partial charge is 0.493 e. The van der Waals surface area contributed by atoms with Gasteiger partial charge in [0.1, 0.15) is 31.5 Å². The predicted molar refractivity (Wildman–Crippen MR) is 265 cm³/mol. The van der Waals surface area contributed by atoms with Crippen molar-refractivity contribution in [2.45, 2.75) is 89.9 Å². The number of methoxy groups -OCH3 is 2. The second kappa shape index (κ2) is 20.4. The van der Waals surface area contributed by atoms with Crippen molar-refractivity contribution in [3.05, 3.63) is 130 Å². The van der Waals surface area contributed by atoms with Gasteiger partial charge in [-0.1, -0.05) is 36.4 Å². The molecule has 7 N–H and O–H groups in total. The van der Waals surface area contributed by atoms with Crippen LogP contribution in [0.5, 0.6) is 23.0 Å². The van der Waals surface area contributed by atoms with Crippen LogP contribution in [0.3, 0.4) is 0 Å². The van der Waals surface area contributed by atoms with Gasteiger partial charge in [-0.25, -0.2) is 0 Å². The number of nitrogens with one attached hydrogen (secondary N) is 5. The minimum absolute atomic E-state index is 0.0534. The molecule has 4 aliphatic heterocycles. The maximum absolute atomic E-state index is 14.1. The molecule has 6 atom stereocenters. The van der Waals surface area contributed by atoms with Crippen LogP contribution >= 0.6 is 0 Å². The monoisotopic (exact) mass is 967 g/mol. The molecule has 71 heavy (non-hydrogen) atoms. The summed E-state index contributed by atoms with van der Waals surface area (Å²) in [5, 5.41) is 37.2. The molecule has 5 aromatic carbocycles. The van der Waals surface area contributed by atoms with E-state index in [0.29, 0.717) is 52.5 Å². The third kappa shape index (κ3) is 9.91. The first-order valence-corrected chi connectivity index (χ1v) is 23.6. The van der Waals surface area contributed by atoms with Crippen molar-refractivity contribution in [2.75, 3.05) is 47.7 Å². The molecule has 0 spiro atoms. The van der Waals surface area contributed by atoms with Crippen molar-refractivity contribution in [2.24, 2.45) is 0 Å². The molecular formula is C53H57N7O11. The van der Waals surface area contributed by atoms with E-state index >= 15 is 0 Å². The van der Waals surface area contributed by atoms with Gasteiger partial charge in [0.2, 0.25) is 5.91 Å². The Hall–Kier alpha value is -7.67. The number of aliphatic hydroxyl groups excluding tert-OH is 2. The summed E-state index contributed by atoms with van der Waals surface area (Å²) in [4.78, 5) is 69.7. The van der Waals surface area contributed by atoms with E-state index in [2.05, 4.69) is 26.6 Å². The lowest BCUT2D eigenvalue weighted by Gasteiger charge is -2.26. The Kier molecular flexibility index (Phi) is 13.9. The van der Waals surface area contributed by atoms with Gasteiger partial charge in [0, 0.05) is 48.6 Å². The van der Waals surface area contributed by atoms with Gasteiger partial charge in [0.15, 0.2) is 23.0 Å². The molecule has 18 nitrogen and oxygen atoms in total. The van der Waals surface area contributed by atoms with E-state index in [1.54, 1.807) is 61.2 Å². The van der Waals surface area contributed by atoms with Gasteiger partial charge in [-0.3, -0.25) is 29.3 Å². The standard InChI is InChI=1S/C53H57N7O11/c1-28(61)14-15-54-48(62)29(2)56-49(63)30(3)57-50(64)35-17-31(26-70-46-23-39-37(21-44(46)68-4)52(66)59-36(25-55-39)19-33-10-6-8-12-41(33)59)16-32(18-35)27-71-47-24-40-38(22-45(47)69-5)53(67)60-42-13-9-7-11-34(42)20-43(60)51(65)58-40/h6-13,16-18,21-24,29-30,36,43,49,51,55-56,58,63,65H,14-15,19-20,25-27H2,1-5H3,(H,54,62)(H,57,64)/t29-,30-,36-,43-,49?,51?/m0/s1. The van der Waals surface area contributed by atoms with Crippen LogP contribution in [0.2, 0.25) is 0 Å². The van der Waals surface area contributed by atoms with Gasteiger partial charge in [-0.15, -0.1) is 0 Å². The van der Waals surface area contributed by atoms with Crippen LogP contribution < -0.4 is 55.3 Å². The molecule has 18 heteroatoms. The number of carbonyl (C=O) groups is 5. The molecule has 0 aromatic heterocycles. The number of aliphatic hydroxyl groups is 2. The zero-order valence-electron chi connectivity index (χ0n) is 40.0. The average molecular weight is 968 g/mol. The van der Waals surface area contributed by atoms with E-state index in [-0.39, 0.29) is 72.4 Å². The van der Waals surface area contributed by atoms with Crippen molar-refractivity contribution < 1.29 is 53.1 Å². The smallest absolute Gasteiger partial charge is 0.260 e. The molecule has 9 rings (SSSR count). The SMILES string of the molecule is COc1cc2c(cc1OCc1cc(COc3cc4c(cc3OC)C(=O)N3c5ccccc5C[C@H]3C(O)N4)cc(C(=O)N[C@@H](C)C(O)N[C@@H](C)C(=O)NCCC(C)=O)c1)NC[C@@H]1Cc3ccccc3N1C2=O. The van der Waals surface area contributed by atoms with E-state index < -0.39 is 42.4 Å². The zero-order valence-corrected chi connectivity index (χ0v) is 40.0. The number of ether oxygens (including phenoxy) is 4. The van der Waals surface area contributed by atoms with Crippen LogP contribution in [0.4, 0.5) is 22.7 Å². The molecule has 2 unspecified atom stereocenters. The number of hydrogen-bond acceptors (Lipinski definition) is 14. The first-order valence-electron chi connectivity index (χ1n) is 23.6.